The number of halogens is 3. The smallest absolute Gasteiger partial charge is 0.416 e. The number of hydrogen-bond acceptors (Lipinski definition) is 5. The summed E-state index contributed by atoms with van der Waals surface area (Å²) in [5, 5.41) is 7.13. The minimum absolute atomic E-state index is 0.00541. The highest BCUT2D eigenvalue weighted by molar-refractivity contribution is 6.09. The second kappa shape index (κ2) is 5.85. The van der Waals surface area contributed by atoms with Crippen LogP contribution >= 0.6 is 0 Å². The molecule has 0 aromatic heterocycles. The van der Waals surface area contributed by atoms with E-state index in [4.69, 9.17) is 4.74 Å². The lowest BCUT2D eigenvalue weighted by Crippen LogP contribution is -2.56. The molecule has 0 aliphatic carbocycles. The summed E-state index contributed by atoms with van der Waals surface area (Å²) in [6.07, 6.45) is -4.49. The fourth-order valence-electron chi connectivity index (χ4n) is 3.89. The first-order valence-corrected chi connectivity index (χ1v) is 8.86. The van der Waals surface area contributed by atoms with Crippen molar-refractivity contribution >= 4 is 17.4 Å². The lowest BCUT2D eigenvalue weighted by molar-refractivity contribution is -0.138. The number of carbonyl (C=O) groups is 1. The average molecular weight is 382 g/mol. The number of alkyl halides is 3. The number of fused-ring (bicyclic) bond motifs is 3. The van der Waals surface area contributed by atoms with Crippen molar-refractivity contribution in [2.75, 3.05) is 24.6 Å². The predicted octanol–water partition coefficient (Wildman–Crippen LogP) is 2.45. The zero-order chi connectivity index (χ0) is 19.6. The second-order valence-corrected chi connectivity index (χ2v) is 7.72. The number of benzene rings is 1. The molecule has 0 unspecified atom stereocenters. The maximum absolute atomic E-state index is 13.8. The van der Waals surface area contributed by atoms with Crippen molar-refractivity contribution in [1.82, 2.24) is 10.7 Å². The number of ether oxygens (including phenoxy) is 1. The Labute approximate surface area is 154 Å². The van der Waals surface area contributed by atoms with Crippen molar-refractivity contribution < 1.29 is 22.7 Å². The van der Waals surface area contributed by atoms with E-state index in [2.05, 4.69) is 15.8 Å². The largest absolute Gasteiger partial charge is 0.483 e. The maximum atomic E-state index is 13.8. The number of anilines is 1. The molecule has 3 aliphatic rings. The molecule has 146 valence electrons. The lowest BCUT2D eigenvalue weighted by Gasteiger charge is -2.46. The van der Waals surface area contributed by atoms with Gasteiger partial charge in [0.25, 0.3) is 5.91 Å². The van der Waals surface area contributed by atoms with Crippen molar-refractivity contribution in [2.45, 2.75) is 38.9 Å². The minimum atomic E-state index is -4.49. The molecular formula is C18H21F3N4O2. The predicted molar refractivity (Wildman–Crippen MR) is 93.8 cm³/mol. The third kappa shape index (κ3) is 2.75. The van der Waals surface area contributed by atoms with Crippen LogP contribution in [0.3, 0.4) is 0 Å². The number of hydrazone groups is 1. The van der Waals surface area contributed by atoms with E-state index in [1.54, 1.807) is 11.8 Å². The van der Waals surface area contributed by atoms with Crippen LogP contribution in [0.25, 0.3) is 0 Å². The number of rotatable bonds is 2. The zero-order valence-corrected chi connectivity index (χ0v) is 15.3. The molecule has 0 saturated carbocycles. The van der Waals surface area contributed by atoms with E-state index in [0.717, 1.165) is 6.07 Å². The summed E-state index contributed by atoms with van der Waals surface area (Å²) in [4.78, 5) is 13.7. The van der Waals surface area contributed by atoms with Crippen molar-refractivity contribution in [1.29, 1.82) is 0 Å². The van der Waals surface area contributed by atoms with Crippen LogP contribution in [0.1, 0.15) is 37.8 Å². The van der Waals surface area contributed by atoms with E-state index < -0.39 is 17.8 Å². The van der Waals surface area contributed by atoms with E-state index in [9.17, 15) is 18.0 Å². The third-order valence-electron chi connectivity index (χ3n) is 5.96. The van der Waals surface area contributed by atoms with Crippen LogP contribution in [0.15, 0.2) is 17.2 Å². The molecule has 1 fully saturated rings. The molecule has 0 spiro atoms. The summed E-state index contributed by atoms with van der Waals surface area (Å²) in [5.41, 5.74) is 2.14. The van der Waals surface area contributed by atoms with E-state index in [0.29, 0.717) is 24.6 Å². The van der Waals surface area contributed by atoms with Crippen LogP contribution in [-0.2, 0) is 11.0 Å². The van der Waals surface area contributed by atoms with Gasteiger partial charge in [-0.15, -0.1) is 0 Å². The highest BCUT2D eigenvalue weighted by Crippen LogP contribution is 2.48. The maximum Gasteiger partial charge on any atom is 0.416 e. The molecule has 3 heterocycles. The summed E-state index contributed by atoms with van der Waals surface area (Å²) < 4.78 is 46.9. The molecule has 1 aromatic rings. The van der Waals surface area contributed by atoms with Crippen molar-refractivity contribution in [3.63, 3.8) is 0 Å². The van der Waals surface area contributed by atoms with E-state index in [-0.39, 0.29) is 35.2 Å². The second-order valence-electron chi connectivity index (χ2n) is 7.72. The van der Waals surface area contributed by atoms with Gasteiger partial charge in [0.1, 0.15) is 18.4 Å². The van der Waals surface area contributed by atoms with Gasteiger partial charge in [0, 0.05) is 13.1 Å². The molecule has 1 aromatic carbocycles. The monoisotopic (exact) mass is 382 g/mol. The van der Waals surface area contributed by atoms with Crippen LogP contribution in [-0.4, -0.2) is 37.5 Å². The first-order chi connectivity index (χ1) is 12.6. The van der Waals surface area contributed by atoms with Crippen LogP contribution in [0.2, 0.25) is 0 Å². The molecule has 0 radical (unpaired) electrons. The van der Waals surface area contributed by atoms with Gasteiger partial charge in [-0.3, -0.25) is 4.79 Å². The Hall–Kier alpha value is -2.29. The summed E-state index contributed by atoms with van der Waals surface area (Å²) in [6, 6.07) is 2.00. The lowest BCUT2D eigenvalue weighted by atomic mass is 9.69. The summed E-state index contributed by atoms with van der Waals surface area (Å²) in [6.45, 7) is 6.82. The van der Waals surface area contributed by atoms with Crippen molar-refractivity contribution in [2.24, 2.45) is 10.5 Å². The van der Waals surface area contributed by atoms with Gasteiger partial charge < -0.3 is 15.0 Å². The van der Waals surface area contributed by atoms with Gasteiger partial charge in [-0.1, -0.05) is 13.8 Å². The molecule has 0 bridgehead atoms. The highest BCUT2D eigenvalue weighted by atomic mass is 19.4. The molecular weight excluding hydrogens is 361 g/mol. The molecule has 9 heteroatoms. The van der Waals surface area contributed by atoms with Crippen LogP contribution in [0, 0.1) is 5.41 Å². The Morgan fingerprint density at radius 2 is 2.07 bits per heavy atom. The number of amidine groups is 1. The standard InChI is InChI=1S/C18H21F3N4O2/c1-9(17(3)7-22-8-17)11-4-13-14(5-12(11)18(19,20)21)27-6-15-23-24-16(26)10(2)25(13)15/h4-5,9-10,22H,6-8H2,1-3H3,(H,24,26)/t9-,10-/m1/s1. The third-order valence-corrected chi connectivity index (χ3v) is 5.96. The van der Waals surface area contributed by atoms with Crippen LogP contribution in [0.4, 0.5) is 18.9 Å². The molecule has 6 nitrogen and oxygen atoms in total. The Kier molecular flexibility index (Phi) is 3.92. The van der Waals surface area contributed by atoms with Gasteiger partial charge in [-0.25, -0.2) is 5.43 Å². The molecule has 4 rings (SSSR count). The molecule has 1 saturated heterocycles. The van der Waals surface area contributed by atoms with Gasteiger partial charge in [-0.2, -0.15) is 18.3 Å². The first-order valence-electron chi connectivity index (χ1n) is 8.86. The fraction of sp³-hybridized carbons (Fsp3) is 0.556. The minimum Gasteiger partial charge on any atom is -0.483 e. The number of nitrogens with one attached hydrogen (secondary N) is 2. The van der Waals surface area contributed by atoms with E-state index >= 15 is 0 Å². The van der Waals surface area contributed by atoms with Gasteiger partial charge in [0.05, 0.1) is 11.3 Å². The first kappa shape index (κ1) is 18.1. The van der Waals surface area contributed by atoms with Crippen LogP contribution < -0.4 is 20.4 Å². The van der Waals surface area contributed by atoms with Crippen molar-refractivity contribution in [3.8, 4) is 5.75 Å². The van der Waals surface area contributed by atoms with Gasteiger partial charge in [0.15, 0.2) is 5.84 Å². The molecule has 3 aliphatic heterocycles. The van der Waals surface area contributed by atoms with Gasteiger partial charge >= 0.3 is 6.18 Å². The number of amides is 1. The zero-order valence-electron chi connectivity index (χ0n) is 15.3. The number of carbonyl (C=O) groups excluding carboxylic acids is 1. The molecule has 27 heavy (non-hydrogen) atoms. The van der Waals surface area contributed by atoms with Crippen LogP contribution in [0.5, 0.6) is 5.75 Å². The number of hydrogen-bond donors (Lipinski definition) is 2. The Bertz CT molecular complexity index is 833. The summed E-state index contributed by atoms with van der Waals surface area (Å²) in [7, 11) is 0. The molecule has 1 amide bonds. The normalized spacial score (nSPS) is 24.7. The fourth-order valence-corrected chi connectivity index (χ4v) is 3.89. The Morgan fingerprint density at radius 1 is 1.37 bits per heavy atom. The summed E-state index contributed by atoms with van der Waals surface area (Å²) in [5.74, 6) is -0.0340. The van der Waals surface area contributed by atoms with E-state index in [1.165, 1.54) is 6.07 Å². The number of nitrogens with zero attached hydrogens (tertiary/aromatic N) is 2. The van der Waals surface area contributed by atoms with E-state index in [1.807, 2.05) is 13.8 Å². The molecule has 2 atom stereocenters. The van der Waals surface area contributed by atoms with Gasteiger partial charge in [-0.05, 0) is 36.0 Å². The summed E-state index contributed by atoms with van der Waals surface area (Å²) >= 11 is 0. The van der Waals surface area contributed by atoms with Gasteiger partial charge in [0.2, 0.25) is 0 Å². The molecule has 2 N–H and O–H groups in total. The highest BCUT2D eigenvalue weighted by Gasteiger charge is 2.45. The average Bonchev–Trinajstić information content (AvgIpc) is 2.59. The quantitative estimate of drug-likeness (QED) is 0.825. The topological polar surface area (TPSA) is 66.0 Å². The van der Waals surface area contributed by atoms with Crippen molar-refractivity contribution in [3.05, 3.63) is 23.3 Å². The SMILES string of the molecule is C[C@@H]1C(=O)NN=C2COc3cc(C(F)(F)F)c([C@@H](C)C4(C)CNC4)cc3N21. The Morgan fingerprint density at radius 3 is 2.67 bits per heavy atom. The Balaban J connectivity index is 1.87.